The number of hydrogen-bond acceptors (Lipinski definition) is 3. The standard InChI is InChI=1S/C18H19Cl2N3O2/c1-3-23(4-2)14-8-5-12(6-9-14)21-17(24)18(25)22-13-7-10-15(19)16(20)11-13/h5-11H,3-4H2,1-2H3,(H,21,24)(H,22,25). The summed E-state index contributed by atoms with van der Waals surface area (Å²) in [6, 6.07) is 11.9. The third-order valence-corrected chi connectivity index (χ3v) is 4.38. The van der Waals surface area contributed by atoms with Gasteiger partial charge in [-0.2, -0.15) is 0 Å². The maximum atomic E-state index is 12.0. The predicted octanol–water partition coefficient (Wildman–Crippen LogP) is 4.42. The van der Waals surface area contributed by atoms with Gasteiger partial charge >= 0.3 is 11.8 Å². The van der Waals surface area contributed by atoms with Gasteiger partial charge in [-0.05, 0) is 56.3 Å². The number of rotatable bonds is 5. The summed E-state index contributed by atoms with van der Waals surface area (Å²) in [7, 11) is 0. The minimum Gasteiger partial charge on any atom is -0.372 e. The Balaban J connectivity index is 1.98. The molecule has 0 unspecified atom stereocenters. The number of carbonyl (C=O) groups is 2. The van der Waals surface area contributed by atoms with Crippen molar-refractivity contribution >= 4 is 52.1 Å². The van der Waals surface area contributed by atoms with E-state index < -0.39 is 11.8 Å². The number of benzene rings is 2. The molecule has 0 fully saturated rings. The number of nitrogens with zero attached hydrogens (tertiary/aromatic N) is 1. The maximum absolute atomic E-state index is 12.0. The summed E-state index contributed by atoms with van der Waals surface area (Å²) in [5, 5.41) is 5.71. The van der Waals surface area contributed by atoms with Gasteiger partial charge < -0.3 is 15.5 Å². The third-order valence-electron chi connectivity index (χ3n) is 3.64. The van der Waals surface area contributed by atoms with Gasteiger partial charge in [0.25, 0.3) is 0 Å². The Morgan fingerprint density at radius 3 is 1.88 bits per heavy atom. The van der Waals surface area contributed by atoms with Crippen LogP contribution in [0.3, 0.4) is 0 Å². The molecule has 5 nitrogen and oxygen atoms in total. The van der Waals surface area contributed by atoms with Crippen LogP contribution in [0, 0.1) is 0 Å². The molecule has 2 amide bonds. The molecule has 0 atom stereocenters. The van der Waals surface area contributed by atoms with Crippen LogP contribution in [-0.2, 0) is 9.59 Å². The van der Waals surface area contributed by atoms with E-state index in [4.69, 9.17) is 23.2 Å². The van der Waals surface area contributed by atoms with Crippen molar-refractivity contribution in [2.45, 2.75) is 13.8 Å². The molecule has 132 valence electrons. The second-order valence-electron chi connectivity index (χ2n) is 5.26. The fraction of sp³-hybridized carbons (Fsp3) is 0.222. The number of nitrogens with one attached hydrogen (secondary N) is 2. The third kappa shape index (κ3) is 5.11. The van der Waals surface area contributed by atoms with Crippen molar-refractivity contribution in [3.63, 3.8) is 0 Å². The molecule has 7 heteroatoms. The van der Waals surface area contributed by atoms with E-state index in [-0.39, 0.29) is 0 Å². The van der Waals surface area contributed by atoms with Crippen molar-refractivity contribution < 1.29 is 9.59 Å². The van der Waals surface area contributed by atoms with Crippen molar-refractivity contribution in [2.75, 3.05) is 28.6 Å². The summed E-state index contributed by atoms with van der Waals surface area (Å²) < 4.78 is 0. The highest BCUT2D eigenvalue weighted by Crippen LogP contribution is 2.25. The molecule has 0 saturated carbocycles. The molecule has 25 heavy (non-hydrogen) atoms. The van der Waals surface area contributed by atoms with E-state index in [1.807, 2.05) is 12.1 Å². The zero-order valence-electron chi connectivity index (χ0n) is 14.0. The lowest BCUT2D eigenvalue weighted by Crippen LogP contribution is -2.29. The van der Waals surface area contributed by atoms with E-state index in [2.05, 4.69) is 29.4 Å². The van der Waals surface area contributed by atoms with Gasteiger partial charge in [0.2, 0.25) is 0 Å². The Labute approximate surface area is 156 Å². The van der Waals surface area contributed by atoms with E-state index in [9.17, 15) is 9.59 Å². The van der Waals surface area contributed by atoms with Crippen molar-refractivity contribution in [1.29, 1.82) is 0 Å². The van der Waals surface area contributed by atoms with E-state index in [0.29, 0.717) is 21.4 Å². The maximum Gasteiger partial charge on any atom is 0.314 e. The summed E-state index contributed by atoms with van der Waals surface area (Å²) in [6.45, 7) is 5.95. The topological polar surface area (TPSA) is 61.4 Å². The van der Waals surface area contributed by atoms with Crippen LogP contribution in [0.4, 0.5) is 17.1 Å². The molecule has 0 saturated heterocycles. The lowest BCUT2D eigenvalue weighted by Gasteiger charge is -2.21. The van der Waals surface area contributed by atoms with Crippen LogP contribution < -0.4 is 15.5 Å². The van der Waals surface area contributed by atoms with Crippen LogP contribution in [-0.4, -0.2) is 24.9 Å². The molecule has 2 rings (SSSR count). The number of amides is 2. The fourth-order valence-electron chi connectivity index (χ4n) is 2.29. The molecule has 0 aliphatic heterocycles. The Morgan fingerprint density at radius 1 is 0.840 bits per heavy atom. The van der Waals surface area contributed by atoms with Gasteiger partial charge in [-0.25, -0.2) is 0 Å². The lowest BCUT2D eigenvalue weighted by molar-refractivity contribution is -0.132. The number of halogens is 2. The summed E-state index contributed by atoms with van der Waals surface area (Å²) in [6.07, 6.45) is 0. The molecule has 0 aromatic heterocycles. The first kappa shape index (κ1) is 19.1. The molecule has 0 aliphatic carbocycles. The van der Waals surface area contributed by atoms with Crippen molar-refractivity contribution in [3.05, 3.63) is 52.5 Å². The van der Waals surface area contributed by atoms with Crippen LogP contribution in [0.2, 0.25) is 10.0 Å². The molecule has 0 aliphatic rings. The number of hydrogen-bond donors (Lipinski definition) is 2. The lowest BCUT2D eigenvalue weighted by atomic mass is 10.2. The predicted molar refractivity (Wildman–Crippen MR) is 104 cm³/mol. The van der Waals surface area contributed by atoms with E-state index >= 15 is 0 Å². The summed E-state index contributed by atoms with van der Waals surface area (Å²) in [5.41, 5.74) is 2.00. The highest BCUT2D eigenvalue weighted by atomic mass is 35.5. The molecule has 2 aromatic carbocycles. The van der Waals surface area contributed by atoms with Gasteiger partial charge in [0, 0.05) is 30.2 Å². The van der Waals surface area contributed by atoms with Crippen molar-refractivity contribution in [2.24, 2.45) is 0 Å². The second kappa shape index (κ2) is 8.74. The highest BCUT2D eigenvalue weighted by molar-refractivity contribution is 6.44. The summed E-state index contributed by atoms with van der Waals surface area (Å²) in [5.74, 6) is -1.55. The van der Waals surface area contributed by atoms with Gasteiger partial charge in [0.15, 0.2) is 0 Å². The minimum atomic E-state index is -0.786. The molecular formula is C18H19Cl2N3O2. The molecule has 2 N–H and O–H groups in total. The zero-order valence-corrected chi connectivity index (χ0v) is 15.5. The van der Waals surface area contributed by atoms with Gasteiger partial charge in [0.1, 0.15) is 0 Å². The molecule has 0 radical (unpaired) electrons. The Kier molecular flexibility index (Phi) is 6.67. The van der Waals surface area contributed by atoms with E-state index in [0.717, 1.165) is 18.8 Å². The van der Waals surface area contributed by atoms with E-state index in [1.165, 1.54) is 6.07 Å². The molecule has 2 aromatic rings. The van der Waals surface area contributed by atoms with Crippen LogP contribution in [0.1, 0.15) is 13.8 Å². The van der Waals surface area contributed by atoms with Crippen molar-refractivity contribution in [1.82, 2.24) is 0 Å². The number of anilines is 3. The van der Waals surface area contributed by atoms with Gasteiger partial charge in [-0.3, -0.25) is 9.59 Å². The second-order valence-corrected chi connectivity index (χ2v) is 6.07. The molecule has 0 heterocycles. The van der Waals surface area contributed by atoms with Gasteiger partial charge in [-0.1, -0.05) is 23.2 Å². The SMILES string of the molecule is CCN(CC)c1ccc(NC(=O)C(=O)Nc2ccc(Cl)c(Cl)c2)cc1. The summed E-state index contributed by atoms with van der Waals surface area (Å²) >= 11 is 11.7. The molecule has 0 spiro atoms. The fourth-order valence-corrected chi connectivity index (χ4v) is 2.59. The van der Waals surface area contributed by atoms with E-state index in [1.54, 1.807) is 24.3 Å². The van der Waals surface area contributed by atoms with Gasteiger partial charge in [-0.15, -0.1) is 0 Å². The Hall–Kier alpha value is -2.24. The Bertz CT molecular complexity index is 759. The zero-order chi connectivity index (χ0) is 18.4. The average Bonchev–Trinajstić information content (AvgIpc) is 2.60. The van der Waals surface area contributed by atoms with Crippen molar-refractivity contribution in [3.8, 4) is 0 Å². The highest BCUT2D eigenvalue weighted by Gasteiger charge is 2.14. The normalized spacial score (nSPS) is 10.2. The first-order valence-corrected chi connectivity index (χ1v) is 8.62. The van der Waals surface area contributed by atoms with Crippen LogP contribution in [0.15, 0.2) is 42.5 Å². The monoisotopic (exact) mass is 379 g/mol. The van der Waals surface area contributed by atoms with Crippen LogP contribution in [0.25, 0.3) is 0 Å². The number of carbonyl (C=O) groups excluding carboxylic acids is 2. The van der Waals surface area contributed by atoms with Gasteiger partial charge in [0.05, 0.1) is 10.0 Å². The summed E-state index contributed by atoms with van der Waals surface area (Å²) in [4.78, 5) is 26.2. The smallest absolute Gasteiger partial charge is 0.314 e. The molecule has 0 bridgehead atoms. The largest absolute Gasteiger partial charge is 0.372 e. The first-order chi connectivity index (χ1) is 11.9. The quantitative estimate of drug-likeness (QED) is 0.755. The van der Waals surface area contributed by atoms with Crippen LogP contribution >= 0.6 is 23.2 Å². The minimum absolute atomic E-state index is 0.298. The van der Waals surface area contributed by atoms with Crippen LogP contribution in [0.5, 0.6) is 0 Å². The molecular weight excluding hydrogens is 361 g/mol. The average molecular weight is 380 g/mol. The Morgan fingerprint density at radius 2 is 1.36 bits per heavy atom. The first-order valence-electron chi connectivity index (χ1n) is 7.87.